The van der Waals surface area contributed by atoms with Gasteiger partial charge in [-0.15, -0.1) is 0 Å². The van der Waals surface area contributed by atoms with E-state index in [-0.39, 0.29) is 0 Å². The lowest BCUT2D eigenvalue weighted by atomic mass is 10.2. The molecule has 90 valence electrons. The zero-order valence-electron chi connectivity index (χ0n) is 9.76. The lowest BCUT2D eigenvalue weighted by Crippen LogP contribution is -2.03. The molecule has 2 N–H and O–H groups in total. The first-order chi connectivity index (χ1) is 8.68. The average molecular weight is 259 g/mol. The van der Waals surface area contributed by atoms with Gasteiger partial charge in [0.25, 0.3) is 0 Å². The highest BCUT2D eigenvalue weighted by atomic mass is 35.5. The number of halogens is 1. The lowest BCUT2D eigenvalue weighted by molar-refractivity contribution is 1.07. The summed E-state index contributed by atoms with van der Waals surface area (Å²) < 4.78 is 1.82. The summed E-state index contributed by atoms with van der Waals surface area (Å²) in [7, 11) is 0. The molecule has 0 saturated carbocycles. The summed E-state index contributed by atoms with van der Waals surface area (Å²) in [6.07, 6.45) is 1.72. The third kappa shape index (κ3) is 1.54. The fourth-order valence-corrected chi connectivity index (χ4v) is 2.18. The predicted molar refractivity (Wildman–Crippen MR) is 73.0 cm³/mol. The monoisotopic (exact) mass is 258 g/mol. The quantitative estimate of drug-likeness (QED) is 0.730. The number of aromatic nitrogens is 3. The van der Waals surface area contributed by atoms with Crippen molar-refractivity contribution >= 4 is 28.7 Å². The van der Waals surface area contributed by atoms with Crippen molar-refractivity contribution < 1.29 is 0 Å². The molecule has 0 aliphatic rings. The molecular formula is C13H11ClN4. The number of anilines is 1. The van der Waals surface area contributed by atoms with Crippen LogP contribution in [0.5, 0.6) is 0 Å². The average Bonchev–Trinajstić information content (AvgIpc) is 2.69. The third-order valence-electron chi connectivity index (χ3n) is 2.92. The molecule has 0 aliphatic heterocycles. The van der Waals surface area contributed by atoms with Gasteiger partial charge in [-0.2, -0.15) is 0 Å². The van der Waals surface area contributed by atoms with Crippen LogP contribution in [0, 0.1) is 6.92 Å². The van der Waals surface area contributed by atoms with E-state index in [1.807, 2.05) is 41.8 Å². The predicted octanol–water partition coefficient (Wildman–Crippen LogP) is 2.96. The summed E-state index contributed by atoms with van der Waals surface area (Å²) in [6.45, 7) is 1.95. The maximum atomic E-state index is 6.14. The lowest BCUT2D eigenvalue weighted by Gasteiger charge is -2.10. The Bertz CT molecular complexity index is 733. The van der Waals surface area contributed by atoms with Gasteiger partial charge in [0.1, 0.15) is 5.52 Å². The molecule has 0 fully saturated rings. The van der Waals surface area contributed by atoms with Crippen LogP contribution in [-0.4, -0.2) is 14.5 Å². The zero-order chi connectivity index (χ0) is 12.7. The van der Waals surface area contributed by atoms with E-state index in [0.29, 0.717) is 11.0 Å². The van der Waals surface area contributed by atoms with Crippen molar-refractivity contribution in [1.82, 2.24) is 14.5 Å². The SMILES string of the molecule is Cc1c(Cl)cccc1-n1c(N)nc2cccnc21. The van der Waals surface area contributed by atoms with E-state index in [9.17, 15) is 0 Å². The highest BCUT2D eigenvalue weighted by Gasteiger charge is 2.13. The van der Waals surface area contributed by atoms with Crippen molar-refractivity contribution in [2.75, 3.05) is 5.73 Å². The van der Waals surface area contributed by atoms with Crippen LogP contribution in [-0.2, 0) is 0 Å². The number of nitrogens with zero attached hydrogens (tertiary/aromatic N) is 3. The Labute approximate surface area is 109 Å². The molecule has 0 spiro atoms. The minimum absolute atomic E-state index is 0.411. The largest absolute Gasteiger partial charge is 0.369 e. The molecule has 3 rings (SSSR count). The van der Waals surface area contributed by atoms with Crippen molar-refractivity contribution in [3.05, 3.63) is 47.1 Å². The Morgan fingerprint density at radius 3 is 2.89 bits per heavy atom. The third-order valence-corrected chi connectivity index (χ3v) is 3.33. The van der Waals surface area contributed by atoms with Crippen molar-refractivity contribution in [3.63, 3.8) is 0 Å². The molecule has 0 amide bonds. The molecule has 0 unspecified atom stereocenters. The normalized spacial score (nSPS) is 11.0. The van der Waals surface area contributed by atoms with E-state index in [2.05, 4.69) is 9.97 Å². The highest BCUT2D eigenvalue weighted by Crippen LogP contribution is 2.27. The number of pyridine rings is 1. The van der Waals surface area contributed by atoms with E-state index in [1.165, 1.54) is 0 Å². The number of benzene rings is 1. The molecule has 5 heteroatoms. The number of nitrogens with two attached hydrogens (primary N) is 1. The Morgan fingerprint density at radius 2 is 2.06 bits per heavy atom. The van der Waals surface area contributed by atoms with E-state index >= 15 is 0 Å². The smallest absolute Gasteiger partial charge is 0.207 e. The number of hydrogen-bond acceptors (Lipinski definition) is 3. The second-order valence-electron chi connectivity index (χ2n) is 4.04. The van der Waals surface area contributed by atoms with Crippen LogP contribution in [0.15, 0.2) is 36.5 Å². The molecule has 0 bridgehead atoms. The van der Waals surface area contributed by atoms with Gasteiger partial charge in [-0.3, -0.25) is 4.57 Å². The molecule has 0 radical (unpaired) electrons. The molecule has 18 heavy (non-hydrogen) atoms. The number of fused-ring (bicyclic) bond motifs is 1. The topological polar surface area (TPSA) is 56.7 Å². The van der Waals surface area contributed by atoms with Crippen LogP contribution in [0.25, 0.3) is 16.9 Å². The number of imidazole rings is 1. The van der Waals surface area contributed by atoms with Crippen LogP contribution < -0.4 is 5.73 Å². The van der Waals surface area contributed by atoms with Crippen LogP contribution in [0.4, 0.5) is 5.95 Å². The Kier molecular flexibility index (Phi) is 2.45. The van der Waals surface area contributed by atoms with Crippen molar-refractivity contribution in [3.8, 4) is 5.69 Å². The van der Waals surface area contributed by atoms with Crippen LogP contribution in [0.1, 0.15) is 5.56 Å². The number of hydrogen-bond donors (Lipinski definition) is 1. The van der Waals surface area contributed by atoms with Gasteiger partial charge in [-0.25, -0.2) is 9.97 Å². The summed E-state index contributed by atoms with van der Waals surface area (Å²) >= 11 is 6.14. The molecule has 4 nitrogen and oxygen atoms in total. The van der Waals surface area contributed by atoms with Gasteiger partial charge in [-0.05, 0) is 36.8 Å². The standard InChI is InChI=1S/C13H11ClN4/c1-8-9(14)4-2-6-11(8)18-12-10(17-13(18)15)5-3-7-16-12/h2-7H,1H3,(H2,15,17). The zero-order valence-corrected chi connectivity index (χ0v) is 10.5. The van der Waals surface area contributed by atoms with Crippen LogP contribution in [0.3, 0.4) is 0 Å². The molecule has 0 aliphatic carbocycles. The molecule has 0 saturated heterocycles. The van der Waals surface area contributed by atoms with Crippen molar-refractivity contribution in [2.24, 2.45) is 0 Å². The van der Waals surface area contributed by atoms with Crippen LogP contribution >= 0.6 is 11.6 Å². The molecule has 0 atom stereocenters. The van der Waals surface area contributed by atoms with Gasteiger partial charge in [0, 0.05) is 11.2 Å². The second-order valence-corrected chi connectivity index (χ2v) is 4.44. The van der Waals surface area contributed by atoms with Gasteiger partial charge in [-0.1, -0.05) is 17.7 Å². The Morgan fingerprint density at radius 1 is 1.22 bits per heavy atom. The summed E-state index contributed by atoms with van der Waals surface area (Å²) in [5, 5.41) is 0.699. The summed E-state index contributed by atoms with van der Waals surface area (Å²) in [5.41, 5.74) is 9.34. The van der Waals surface area contributed by atoms with E-state index < -0.39 is 0 Å². The highest BCUT2D eigenvalue weighted by molar-refractivity contribution is 6.31. The first kappa shape index (κ1) is 11.0. The second kappa shape index (κ2) is 3.99. The fraction of sp³-hybridized carbons (Fsp3) is 0.0769. The molecule has 2 heterocycles. The molecular weight excluding hydrogens is 248 g/mol. The van der Waals surface area contributed by atoms with Gasteiger partial charge in [0.2, 0.25) is 5.95 Å². The summed E-state index contributed by atoms with van der Waals surface area (Å²) in [4.78, 5) is 8.62. The minimum atomic E-state index is 0.411. The Hall–Kier alpha value is -2.07. The first-order valence-corrected chi connectivity index (χ1v) is 5.90. The van der Waals surface area contributed by atoms with Gasteiger partial charge < -0.3 is 5.73 Å². The van der Waals surface area contributed by atoms with E-state index in [1.54, 1.807) is 6.20 Å². The molecule has 2 aromatic heterocycles. The summed E-state index contributed by atoms with van der Waals surface area (Å²) in [5.74, 6) is 0.411. The van der Waals surface area contributed by atoms with Crippen LogP contribution in [0.2, 0.25) is 5.02 Å². The minimum Gasteiger partial charge on any atom is -0.369 e. The van der Waals surface area contributed by atoms with Gasteiger partial charge >= 0.3 is 0 Å². The van der Waals surface area contributed by atoms with Gasteiger partial charge in [0.05, 0.1) is 5.69 Å². The van der Waals surface area contributed by atoms with Gasteiger partial charge in [0.15, 0.2) is 5.65 Å². The van der Waals surface area contributed by atoms with Crippen molar-refractivity contribution in [2.45, 2.75) is 6.92 Å². The molecule has 3 aromatic rings. The summed E-state index contributed by atoms with van der Waals surface area (Å²) in [6, 6.07) is 9.41. The first-order valence-electron chi connectivity index (χ1n) is 5.53. The fourth-order valence-electron chi connectivity index (χ4n) is 2.01. The maximum absolute atomic E-state index is 6.14. The molecule has 1 aromatic carbocycles. The number of rotatable bonds is 1. The Balaban J connectivity index is 2.38. The van der Waals surface area contributed by atoms with E-state index in [0.717, 1.165) is 22.4 Å². The number of nitrogen functional groups attached to an aromatic ring is 1. The maximum Gasteiger partial charge on any atom is 0.207 e. The van der Waals surface area contributed by atoms with E-state index in [4.69, 9.17) is 17.3 Å². The van der Waals surface area contributed by atoms with Crippen molar-refractivity contribution in [1.29, 1.82) is 0 Å².